The predicted molar refractivity (Wildman–Crippen MR) is 102 cm³/mol. The molecule has 0 radical (unpaired) electrons. The van der Waals surface area contributed by atoms with Crippen LogP contribution in [-0.2, 0) is 11.3 Å². The summed E-state index contributed by atoms with van der Waals surface area (Å²) < 4.78 is 5.51. The third-order valence-electron chi connectivity index (χ3n) is 5.45. The highest BCUT2D eigenvalue weighted by Crippen LogP contribution is 2.30. The van der Waals surface area contributed by atoms with Gasteiger partial charge in [-0.3, -0.25) is 9.80 Å². The lowest BCUT2D eigenvalue weighted by Gasteiger charge is -2.45. The first-order valence-electron chi connectivity index (χ1n) is 9.27. The van der Waals surface area contributed by atoms with E-state index in [1.807, 2.05) is 12.1 Å². The number of benzene rings is 1. The number of halogens is 2. The highest BCUT2D eigenvalue weighted by molar-refractivity contribution is 6.42. The van der Waals surface area contributed by atoms with Crippen LogP contribution in [0.15, 0.2) is 18.2 Å². The van der Waals surface area contributed by atoms with Crippen LogP contribution in [0, 0.1) is 5.92 Å². The fraction of sp³-hybridized carbons (Fsp3) is 0.684. The van der Waals surface area contributed by atoms with Crippen LogP contribution >= 0.6 is 23.2 Å². The van der Waals surface area contributed by atoms with Crippen molar-refractivity contribution >= 4 is 23.2 Å². The minimum absolute atomic E-state index is 0.270. The molecule has 2 aliphatic rings. The largest absolute Gasteiger partial charge is 0.396 e. The van der Waals surface area contributed by atoms with E-state index in [-0.39, 0.29) is 6.61 Å². The second-order valence-electron chi connectivity index (χ2n) is 7.08. The maximum absolute atomic E-state index is 9.28. The van der Waals surface area contributed by atoms with Crippen molar-refractivity contribution in [3.05, 3.63) is 33.8 Å². The molecule has 6 heteroatoms. The van der Waals surface area contributed by atoms with Gasteiger partial charge in [0.05, 0.1) is 23.3 Å². The Morgan fingerprint density at radius 2 is 1.96 bits per heavy atom. The van der Waals surface area contributed by atoms with Crippen molar-refractivity contribution in [3.8, 4) is 0 Å². The molecule has 2 saturated heterocycles. The van der Waals surface area contributed by atoms with Crippen molar-refractivity contribution in [1.29, 1.82) is 0 Å². The molecule has 1 aromatic carbocycles. The molecule has 140 valence electrons. The van der Waals surface area contributed by atoms with Gasteiger partial charge in [-0.1, -0.05) is 35.3 Å². The Morgan fingerprint density at radius 1 is 1.16 bits per heavy atom. The van der Waals surface area contributed by atoms with Crippen molar-refractivity contribution in [2.45, 2.75) is 31.8 Å². The first-order chi connectivity index (χ1) is 12.2. The molecule has 0 bridgehead atoms. The summed E-state index contributed by atoms with van der Waals surface area (Å²) >= 11 is 12.5. The van der Waals surface area contributed by atoms with Crippen LogP contribution in [0.3, 0.4) is 0 Å². The fourth-order valence-corrected chi connectivity index (χ4v) is 4.56. The van der Waals surface area contributed by atoms with E-state index in [1.165, 1.54) is 0 Å². The van der Waals surface area contributed by atoms with Gasteiger partial charge in [-0.05, 0) is 43.4 Å². The van der Waals surface area contributed by atoms with Gasteiger partial charge in [-0.15, -0.1) is 0 Å². The minimum Gasteiger partial charge on any atom is -0.396 e. The Balaban J connectivity index is 1.65. The van der Waals surface area contributed by atoms with Gasteiger partial charge in [0.15, 0.2) is 0 Å². The Hall–Kier alpha value is -0.360. The molecule has 1 N–H and O–H groups in total. The summed E-state index contributed by atoms with van der Waals surface area (Å²) in [5, 5.41) is 10.6. The third-order valence-corrected chi connectivity index (χ3v) is 6.31. The molecule has 2 heterocycles. The average Bonchev–Trinajstić information content (AvgIpc) is 2.64. The van der Waals surface area contributed by atoms with E-state index in [4.69, 9.17) is 27.9 Å². The topological polar surface area (TPSA) is 35.9 Å². The van der Waals surface area contributed by atoms with Crippen LogP contribution in [-0.4, -0.2) is 66.9 Å². The van der Waals surface area contributed by atoms with Crippen LogP contribution < -0.4 is 0 Å². The summed E-state index contributed by atoms with van der Waals surface area (Å²) in [6.07, 6.45) is 3.10. The number of piperidine rings is 1. The van der Waals surface area contributed by atoms with E-state index in [0.717, 1.165) is 70.8 Å². The van der Waals surface area contributed by atoms with Crippen molar-refractivity contribution in [1.82, 2.24) is 9.80 Å². The number of likely N-dealkylation sites (tertiary alicyclic amines) is 1. The van der Waals surface area contributed by atoms with E-state index >= 15 is 0 Å². The molecule has 0 aliphatic carbocycles. The first kappa shape index (κ1) is 19.4. The number of rotatable bonds is 6. The van der Waals surface area contributed by atoms with E-state index in [2.05, 4.69) is 15.9 Å². The molecule has 0 aromatic heterocycles. The van der Waals surface area contributed by atoms with Gasteiger partial charge in [-0.25, -0.2) is 0 Å². The molecular formula is C19H28Cl2N2O2. The molecule has 0 amide bonds. The Kier molecular flexibility index (Phi) is 7.40. The zero-order chi connectivity index (χ0) is 17.6. The van der Waals surface area contributed by atoms with Crippen molar-refractivity contribution in [2.75, 3.05) is 46.0 Å². The Labute approximate surface area is 160 Å². The number of hydrogen-bond donors (Lipinski definition) is 1. The molecule has 3 rings (SSSR count). The van der Waals surface area contributed by atoms with Crippen LogP contribution in [0.2, 0.25) is 10.0 Å². The molecule has 25 heavy (non-hydrogen) atoms. The molecule has 0 saturated carbocycles. The second kappa shape index (κ2) is 9.54. The highest BCUT2D eigenvalue weighted by atomic mass is 35.5. The van der Waals surface area contributed by atoms with Gasteiger partial charge >= 0.3 is 0 Å². The van der Waals surface area contributed by atoms with E-state index in [9.17, 15) is 5.11 Å². The maximum Gasteiger partial charge on any atom is 0.0637 e. The normalized spacial score (nSPS) is 26.0. The summed E-state index contributed by atoms with van der Waals surface area (Å²) in [7, 11) is 0. The lowest BCUT2D eigenvalue weighted by molar-refractivity contribution is -0.0231. The van der Waals surface area contributed by atoms with Crippen LogP contribution in [0.4, 0.5) is 0 Å². The summed E-state index contributed by atoms with van der Waals surface area (Å²) in [6.45, 7) is 6.96. The summed E-state index contributed by atoms with van der Waals surface area (Å²) in [5.74, 6) is 0.581. The minimum atomic E-state index is 0.270. The smallest absolute Gasteiger partial charge is 0.0637 e. The number of hydrogen-bond acceptors (Lipinski definition) is 4. The van der Waals surface area contributed by atoms with Crippen molar-refractivity contribution in [2.24, 2.45) is 5.92 Å². The average molecular weight is 387 g/mol. The lowest BCUT2D eigenvalue weighted by atomic mass is 9.86. The van der Waals surface area contributed by atoms with E-state index in [1.54, 1.807) is 0 Å². The molecule has 2 aliphatic heterocycles. The molecule has 4 nitrogen and oxygen atoms in total. The molecule has 2 atom stereocenters. The number of ether oxygens (including phenoxy) is 1. The zero-order valence-corrected chi connectivity index (χ0v) is 16.2. The van der Waals surface area contributed by atoms with E-state index in [0.29, 0.717) is 22.0 Å². The van der Waals surface area contributed by atoms with E-state index < -0.39 is 0 Å². The predicted octanol–water partition coefficient (Wildman–Crippen LogP) is 3.29. The summed E-state index contributed by atoms with van der Waals surface area (Å²) in [5.41, 5.74) is 1.10. The molecule has 0 unspecified atom stereocenters. The Morgan fingerprint density at radius 3 is 2.72 bits per heavy atom. The van der Waals surface area contributed by atoms with Gasteiger partial charge in [0.25, 0.3) is 0 Å². The number of aliphatic hydroxyl groups excluding tert-OH is 1. The van der Waals surface area contributed by atoms with Crippen LogP contribution in [0.25, 0.3) is 0 Å². The third kappa shape index (κ3) is 5.09. The molecular weight excluding hydrogens is 359 g/mol. The number of morpholine rings is 1. The first-order valence-corrected chi connectivity index (χ1v) is 10.0. The summed E-state index contributed by atoms with van der Waals surface area (Å²) in [4.78, 5) is 5.08. The molecule has 1 aromatic rings. The van der Waals surface area contributed by atoms with Crippen LogP contribution in [0.1, 0.15) is 24.8 Å². The quantitative estimate of drug-likeness (QED) is 0.813. The molecule has 0 spiro atoms. The van der Waals surface area contributed by atoms with Crippen LogP contribution in [0.5, 0.6) is 0 Å². The van der Waals surface area contributed by atoms with Crippen molar-refractivity contribution < 1.29 is 9.84 Å². The Bertz CT molecular complexity index is 552. The van der Waals surface area contributed by atoms with Crippen molar-refractivity contribution in [3.63, 3.8) is 0 Å². The van der Waals surface area contributed by atoms with Gasteiger partial charge < -0.3 is 9.84 Å². The lowest BCUT2D eigenvalue weighted by Crippen LogP contribution is -2.53. The standard InChI is InChI=1S/C19H28Cl2N2O2/c20-17-5-1-3-16(19(17)21)14-22-7-6-18(15(13-22)4-2-10-24)23-8-11-25-12-9-23/h1,3,5,15,18,24H,2,4,6-14H2/t15-,18+/m1/s1. The fourth-order valence-electron chi connectivity index (χ4n) is 4.18. The second-order valence-corrected chi connectivity index (χ2v) is 7.86. The maximum atomic E-state index is 9.28. The van der Waals surface area contributed by atoms with Gasteiger partial charge in [0, 0.05) is 38.8 Å². The zero-order valence-electron chi connectivity index (χ0n) is 14.7. The van der Waals surface area contributed by atoms with Gasteiger partial charge in [0.2, 0.25) is 0 Å². The number of nitrogens with zero attached hydrogens (tertiary/aromatic N) is 2. The number of aliphatic hydroxyl groups is 1. The highest BCUT2D eigenvalue weighted by Gasteiger charge is 2.33. The van der Waals surface area contributed by atoms with Gasteiger partial charge in [0.1, 0.15) is 0 Å². The summed E-state index contributed by atoms with van der Waals surface area (Å²) in [6, 6.07) is 6.46. The monoisotopic (exact) mass is 386 g/mol. The van der Waals surface area contributed by atoms with Gasteiger partial charge in [-0.2, -0.15) is 0 Å². The molecule has 2 fully saturated rings. The SMILES string of the molecule is OCCC[C@@H]1CN(Cc2cccc(Cl)c2Cl)CC[C@@H]1N1CCOCC1.